The van der Waals surface area contributed by atoms with Crippen molar-refractivity contribution >= 4 is 5.95 Å². The average Bonchev–Trinajstić information content (AvgIpc) is 2.46. The molecule has 0 fully saturated rings. The maximum atomic E-state index is 8.88. The van der Waals surface area contributed by atoms with E-state index in [1.807, 2.05) is 19.9 Å². The fourth-order valence-corrected chi connectivity index (χ4v) is 1.49. The van der Waals surface area contributed by atoms with Crippen LogP contribution in [-0.2, 0) is 0 Å². The van der Waals surface area contributed by atoms with Crippen molar-refractivity contribution in [1.82, 2.24) is 15.0 Å². The molecular formula is C14H15N5O2. The van der Waals surface area contributed by atoms with Crippen molar-refractivity contribution in [3.63, 3.8) is 0 Å². The minimum Gasteiger partial charge on any atom is -0.461 e. The smallest absolute Gasteiger partial charge is 0.330 e. The van der Waals surface area contributed by atoms with Crippen LogP contribution in [0.25, 0.3) is 0 Å². The van der Waals surface area contributed by atoms with Crippen LogP contribution in [0.5, 0.6) is 17.8 Å². The molecule has 0 unspecified atom stereocenters. The van der Waals surface area contributed by atoms with Gasteiger partial charge >= 0.3 is 12.0 Å². The minimum atomic E-state index is -0.0631. The highest BCUT2D eigenvalue weighted by atomic mass is 16.5. The number of anilines is 1. The fraction of sp³-hybridized carbons (Fsp3) is 0.286. The van der Waals surface area contributed by atoms with Gasteiger partial charge in [0, 0.05) is 7.05 Å². The van der Waals surface area contributed by atoms with Gasteiger partial charge in [-0.05, 0) is 32.0 Å². The molecule has 0 saturated carbocycles. The molecule has 0 atom stereocenters. The molecule has 21 heavy (non-hydrogen) atoms. The predicted octanol–water partition coefficient (Wildman–Crippen LogP) is 2.36. The third-order valence-corrected chi connectivity index (χ3v) is 2.33. The van der Waals surface area contributed by atoms with E-state index in [2.05, 4.69) is 20.3 Å². The fourth-order valence-electron chi connectivity index (χ4n) is 1.49. The van der Waals surface area contributed by atoms with E-state index in [1.54, 1.807) is 31.3 Å². The topological polar surface area (TPSA) is 93.0 Å². The van der Waals surface area contributed by atoms with Crippen LogP contribution in [0.3, 0.4) is 0 Å². The minimum absolute atomic E-state index is 0.0631. The number of hydrogen-bond donors (Lipinski definition) is 1. The third kappa shape index (κ3) is 4.04. The first-order valence-corrected chi connectivity index (χ1v) is 6.39. The first-order chi connectivity index (χ1) is 10.1. The van der Waals surface area contributed by atoms with Crippen LogP contribution in [0.2, 0.25) is 0 Å². The van der Waals surface area contributed by atoms with E-state index < -0.39 is 0 Å². The molecular weight excluding hydrogens is 270 g/mol. The Bertz CT molecular complexity index is 667. The molecule has 2 rings (SSSR count). The van der Waals surface area contributed by atoms with Crippen LogP contribution in [0.15, 0.2) is 24.3 Å². The summed E-state index contributed by atoms with van der Waals surface area (Å²) in [6.45, 7) is 3.75. The van der Waals surface area contributed by atoms with Gasteiger partial charge in [-0.25, -0.2) is 0 Å². The summed E-state index contributed by atoms with van der Waals surface area (Å²) in [6, 6.07) is 9.04. The molecule has 7 nitrogen and oxygen atoms in total. The number of nitrogens with one attached hydrogen (secondary N) is 1. The number of nitriles is 1. The molecule has 108 valence electrons. The van der Waals surface area contributed by atoms with Crippen LogP contribution in [-0.4, -0.2) is 28.1 Å². The summed E-state index contributed by atoms with van der Waals surface area (Å²) in [5, 5.41) is 11.7. The summed E-state index contributed by atoms with van der Waals surface area (Å²) in [7, 11) is 1.69. The second-order valence-corrected chi connectivity index (χ2v) is 4.38. The molecule has 0 bridgehead atoms. The van der Waals surface area contributed by atoms with Crippen LogP contribution in [0.4, 0.5) is 5.95 Å². The van der Waals surface area contributed by atoms with Gasteiger partial charge in [0.05, 0.1) is 17.7 Å². The summed E-state index contributed by atoms with van der Waals surface area (Å²) in [6.07, 6.45) is -0.0631. The molecule has 0 amide bonds. The van der Waals surface area contributed by atoms with Crippen LogP contribution in [0, 0.1) is 11.3 Å². The number of hydrogen-bond acceptors (Lipinski definition) is 7. The number of aromatic nitrogens is 3. The monoisotopic (exact) mass is 285 g/mol. The van der Waals surface area contributed by atoms with Gasteiger partial charge in [0.25, 0.3) is 0 Å². The van der Waals surface area contributed by atoms with Gasteiger partial charge in [-0.3, -0.25) is 0 Å². The van der Waals surface area contributed by atoms with Gasteiger partial charge in [-0.2, -0.15) is 15.2 Å². The maximum Gasteiger partial charge on any atom is 0.330 e. The van der Waals surface area contributed by atoms with E-state index in [-0.39, 0.29) is 18.1 Å². The van der Waals surface area contributed by atoms with Gasteiger partial charge in [0.2, 0.25) is 5.95 Å². The number of ether oxygens (including phenoxy) is 2. The zero-order chi connectivity index (χ0) is 15.2. The van der Waals surface area contributed by atoms with E-state index >= 15 is 0 Å². The van der Waals surface area contributed by atoms with E-state index in [4.69, 9.17) is 14.7 Å². The Morgan fingerprint density at radius 3 is 2.62 bits per heavy atom. The first-order valence-electron chi connectivity index (χ1n) is 6.39. The van der Waals surface area contributed by atoms with E-state index in [1.165, 1.54) is 0 Å². The Kier molecular flexibility index (Phi) is 4.51. The standard InChI is InChI=1S/C14H15N5O2/c1-9(2)20-13-17-12(16-3)18-14(19-13)21-11-6-4-5-10(7-11)8-15/h4-7,9H,1-3H3,(H,16,17,18,19). The van der Waals surface area contributed by atoms with Crippen molar-refractivity contribution in [2.45, 2.75) is 20.0 Å². The Labute approximate surface area is 122 Å². The molecule has 0 aliphatic rings. The van der Waals surface area contributed by atoms with Crippen molar-refractivity contribution in [2.24, 2.45) is 0 Å². The quantitative estimate of drug-likeness (QED) is 0.901. The second-order valence-electron chi connectivity index (χ2n) is 4.38. The zero-order valence-corrected chi connectivity index (χ0v) is 12.0. The van der Waals surface area contributed by atoms with Crippen LogP contribution in [0.1, 0.15) is 19.4 Å². The number of rotatable bonds is 5. The summed E-state index contributed by atoms with van der Waals surface area (Å²) in [4.78, 5) is 12.3. The van der Waals surface area contributed by atoms with E-state index in [0.717, 1.165) is 0 Å². The highest BCUT2D eigenvalue weighted by molar-refractivity contribution is 5.37. The molecule has 1 aromatic carbocycles. The molecule has 0 aliphatic heterocycles. The Morgan fingerprint density at radius 2 is 1.95 bits per heavy atom. The summed E-state index contributed by atoms with van der Waals surface area (Å²) >= 11 is 0. The predicted molar refractivity (Wildman–Crippen MR) is 76.4 cm³/mol. The van der Waals surface area contributed by atoms with Gasteiger partial charge in [0.1, 0.15) is 5.75 Å². The van der Waals surface area contributed by atoms with Crippen LogP contribution >= 0.6 is 0 Å². The highest BCUT2D eigenvalue weighted by Crippen LogP contribution is 2.21. The molecule has 1 heterocycles. The Balaban J connectivity index is 2.28. The van der Waals surface area contributed by atoms with Crippen molar-refractivity contribution in [1.29, 1.82) is 5.26 Å². The SMILES string of the molecule is CNc1nc(Oc2cccc(C#N)c2)nc(OC(C)C)n1. The summed E-state index contributed by atoms with van der Waals surface area (Å²) < 4.78 is 11.0. The van der Waals surface area contributed by atoms with Gasteiger partial charge in [0.15, 0.2) is 0 Å². The number of nitrogens with zero attached hydrogens (tertiary/aromatic N) is 4. The second kappa shape index (κ2) is 6.52. The van der Waals surface area contributed by atoms with E-state index in [0.29, 0.717) is 17.3 Å². The average molecular weight is 285 g/mol. The Hall–Kier alpha value is -2.88. The van der Waals surface area contributed by atoms with Crippen molar-refractivity contribution < 1.29 is 9.47 Å². The molecule has 1 N–H and O–H groups in total. The lowest BCUT2D eigenvalue weighted by molar-refractivity contribution is 0.218. The Morgan fingerprint density at radius 1 is 1.19 bits per heavy atom. The molecule has 2 aromatic rings. The molecule has 0 radical (unpaired) electrons. The van der Waals surface area contributed by atoms with Crippen LogP contribution < -0.4 is 14.8 Å². The normalized spacial score (nSPS) is 10.0. The zero-order valence-electron chi connectivity index (χ0n) is 12.0. The van der Waals surface area contributed by atoms with Gasteiger partial charge in [-0.15, -0.1) is 4.98 Å². The molecule has 7 heteroatoms. The maximum absolute atomic E-state index is 8.88. The van der Waals surface area contributed by atoms with Crippen molar-refractivity contribution in [2.75, 3.05) is 12.4 Å². The summed E-state index contributed by atoms with van der Waals surface area (Å²) in [5.74, 6) is 0.810. The van der Waals surface area contributed by atoms with Crippen molar-refractivity contribution in [3.05, 3.63) is 29.8 Å². The summed E-state index contributed by atoms with van der Waals surface area (Å²) in [5.41, 5.74) is 0.494. The third-order valence-electron chi connectivity index (χ3n) is 2.33. The van der Waals surface area contributed by atoms with E-state index in [9.17, 15) is 0 Å². The molecule has 0 spiro atoms. The molecule has 1 aromatic heterocycles. The van der Waals surface area contributed by atoms with Gasteiger partial charge in [-0.1, -0.05) is 6.07 Å². The largest absolute Gasteiger partial charge is 0.461 e. The lowest BCUT2D eigenvalue weighted by Crippen LogP contribution is -2.11. The van der Waals surface area contributed by atoms with Crippen molar-refractivity contribution in [3.8, 4) is 23.8 Å². The number of benzene rings is 1. The first kappa shape index (κ1) is 14.5. The molecule has 0 saturated heterocycles. The lowest BCUT2D eigenvalue weighted by atomic mass is 10.2. The highest BCUT2D eigenvalue weighted by Gasteiger charge is 2.10. The lowest BCUT2D eigenvalue weighted by Gasteiger charge is -2.10. The van der Waals surface area contributed by atoms with Gasteiger partial charge < -0.3 is 14.8 Å². The molecule has 0 aliphatic carbocycles.